The molecule has 1 unspecified atom stereocenters. The third-order valence-corrected chi connectivity index (χ3v) is 5.36. The molecule has 2 N–H and O–H groups in total. The van der Waals surface area contributed by atoms with Gasteiger partial charge in [-0.15, -0.1) is 10.2 Å². The van der Waals surface area contributed by atoms with Crippen LogP contribution in [0.2, 0.25) is 0 Å². The molecule has 2 aliphatic rings. The molecule has 1 fully saturated rings. The number of alkyl halides is 2. The van der Waals surface area contributed by atoms with Crippen LogP contribution < -0.4 is 20.3 Å². The van der Waals surface area contributed by atoms with Crippen LogP contribution in [0.1, 0.15) is 31.4 Å². The highest BCUT2D eigenvalue weighted by molar-refractivity contribution is 5.80. The van der Waals surface area contributed by atoms with Gasteiger partial charge in [0.15, 0.2) is 11.8 Å². The fourth-order valence-electron chi connectivity index (χ4n) is 4.00. The van der Waals surface area contributed by atoms with Crippen LogP contribution in [0.25, 0.3) is 0 Å². The Morgan fingerprint density at radius 2 is 2.17 bits per heavy atom. The van der Waals surface area contributed by atoms with Gasteiger partial charge in [-0.25, -0.2) is 4.99 Å². The average Bonchev–Trinajstić information content (AvgIpc) is 3.44. The van der Waals surface area contributed by atoms with Crippen molar-refractivity contribution in [1.29, 1.82) is 0 Å². The number of rotatable bonds is 7. The predicted molar refractivity (Wildman–Crippen MR) is 110 cm³/mol. The van der Waals surface area contributed by atoms with Crippen LogP contribution in [0.4, 0.5) is 14.5 Å². The van der Waals surface area contributed by atoms with E-state index in [0.717, 1.165) is 56.5 Å². The number of ether oxygens (including phenoxy) is 1. The number of hydrogen-bond donors (Lipinski definition) is 2. The van der Waals surface area contributed by atoms with Crippen molar-refractivity contribution in [2.45, 2.75) is 51.9 Å². The minimum absolute atomic E-state index is 0.145. The minimum atomic E-state index is -2.84. The van der Waals surface area contributed by atoms with Gasteiger partial charge in [0.05, 0.1) is 5.69 Å². The molecule has 8 nitrogen and oxygen atoms in total. The Hall–Kier alpha value is -2.91. The monoisotopic (exact) mass is 419 g/mol. The lowest BCUT2D eigenvalue weighted by Crippen LogP contribution is -2.44. The molecule has 1 saturated heterocycles. The topological polar surface area (TPSA) is 79.6 Å². The standard InChI is InChI=1S/C20H27F2N7O/c1-2-23-20(24-12-18-27-26-17-8-5-10-29(17)18)25-14-9-11-28(13-14)15-6-3-4-7-16(15)30-19(21)22/h3-4,6-7,14,19H,2,5,8-13H2,1H3,(H2,23,24,25). The first-order valence-electron chi connectivity index (χ1n) is 10.4. The summed E-state index contributed by atoms with van der Waals surface area (Å²) in [5.74, 6) is 2.84. The lowest BCUT2D eigenvalue weighted by molar-refractivity contribution is -0.0495. The molecule has 0 amide bonds. The third kappa shape index (κ3) is 4.63. The zero-order valence-electron chi connectivity index (χ0n) is 17.0. The van der Waals surface area contributed by atoms with Crippen molar-refractivity contribution in [2.24, 2.45) is 4.99 Å². The van der Waals surface area contributed by atoms with Gasteiger partial charge in [-0.05, 0) is 31.9 Å². The Morgan fingerprint density at radius 3 is 3.00 bits per heavy atom. The van der Waals surface area contributed by atoms with Crippen molar-refractivity contribution in [1.82, 2.24) is 25.4 Å². The van der Waals surface area contributed by atoms with E-state index in [0.29, 0.717) is 18.8 Å². The van der Waals surface area contributed by atoms with Crippen molar-refractivity contribution in [3.8, 4) is 5.75 Å². The van der Waals surface area contributed by atoms with Crippen LogP contribution in [0, 0.1) is 0 Å². The number of aryl methyl sites for hydroxylation is 1. The number of guanidine groups is 1. The highest BCUT2D eigenvalue weighted by Crippen LogP contribution is 2.31. The smallest absolute Gasteiger partial charge is 0.387 e. The first-order chi connectivity index (χ1) is 14.6. The molecule has 10 heteroatoms. The lowest BCUT2D eigenvalue weighted by Gasteiger charge is -2.22. The second-order valence-electron chi connectivity index (χ2n) is 7.40. The Labute approximate surface area is 174 Å². The van der Waals surface area contributed by atoms with Crippen LogP contribution in [0.3, 0.4) is 0 Å². The van der Waals surface area contributed by atoms with Gasteiger partial charge >= 0.3 is 6.61 Å². The van der Waals surface area contributed by atoms with Crippen molar-refractivity contribution < 1.29 is 13.5 Å². The summed E-state index contributed by atoms with van der Waals surface area (Å²) in [6.45, 7) is 2.76. The molecule has 2 aliphatic heterocycles. The largest absolute Gasteiger partial charge is 0.433 e. The summed E-state index contributed by atoms with van der Waals surface area (Å²) in [7, 11) is 0. The van der Waals surface area contributed by atoms with E-state index < -0.39 is 6.61 Å². The van der Waals surface area contributed by atoms with E-state index in [-0.39, 0.29) is 11.8 Å². The molecule has 4 rings (SSSR count). The molecule has 2 aromatic rings. The van der Waals surface area contributed by atoms with Gasteiger partial charge in [0.25, 0.3) is 0 Å². The molecular weight excluding hydrogens is 392 g/mol. The summed E-state index contributed by atoms with van der Waals surface area (Å²) in [6, 6.07) is 7.06. The quantitative estimate of drug-likeness (QED) is 0.529. The van der Waals surface area contributed by atoms with Crippen LogP contribution in [0.5, 0.6) is 5.75 Å². The van der Waals surface area contributed by atoms with Crippen LogP contribution in [-0.2, 0) is 19.5 Å². The molecule has 0 spiro atoms. The summed E-state index contributed by atoms with van der Waals surface area (Å²) < 4.78 is 32.3. The summed E-state index contributed by atoms with van der Waals surface area (Å²) >= 11 is 0. The first kappa shape index (κ1) is 20.4. The zero-order valence-corrected chi connectivity index (χ0v) is 17.0. The van der Waals surface area contributed by atoms with Gasteiger partial charge in [0.1, 0.15) is 18.1 Å². The normalized spacial score (nSPS) is 18.7. The minimum Gasteiger partial charge on any atom is -0.433 e. The summed E-state index contributed by atoms with van der Waals surface area (Å²) in [5, 5.41) is 15.2. The van der Waals surface area contributed by atoms with Crippen LogP contribution in [0.15, 0.2) is 29.3 Å². The number of nitrogens with zero attached hydrogens (tertiary/aromatic N) is 5. The van der Waals surface area contributed by atoms with Crippen LogP contribution >= 0.6 is 0 Å². The number of aromatic nitrogens is 3. The predicted octanol–water partition coefficient (Wildman–Crippen LogP) is 2.16. The molecule has 3 heterocycles. The fraction of sp³-hybridized carbons (Fsp3) is 0.550. The van der Waals surface area contributed by atoms with Crippen molar-refractivity contribution in [3.63, 3.8) is 0 Å². The molecule has 0 radical (unpaired) electrons. The van der Waals surface area contributed by atoms with Crippen LogP contribution in [-0.4, -0.2) is 53.0 Å². The summed E-state index contributed by atoms with van der Waals surface area (Å²) in [4.78, 5) is 6.74. The van der Waals surface area contributed by atoms with Crippen molar-refractivity contribution in [2.75, 3.05) is 24.5 Å². The Morgan fingerprint density at radius 1 is 1.30 bits per heavy atom. The number of halogens is 2. The van der Waals surface area contributed by atoms with Crippen molar-refractivity contribution >= 4 is 11.6 Å². The molecule has 1 atom stereocenters. The number of aliphatic imine (C=N–C) groups is 1. The molecule has 30 heavy (non-hydrogen) atoms. The highest BCUT2D eigenvalue weighted by atomic mass is 19.3. The molecule has 1 aromatic carbocycles. The first-order valence-corrected chi connectivity index (χ1v) is 10.4. The lowest BCUT2D eigenvalue weighted by atomic mass is 10.2. The van der Waals surface area contributed by atoms with E-state index in [1.807, 2.05) is 19.1 Å². The van der Waals surface area contributed by atoms with Gasteiger partial charge in [-0.3, -0.25) is 0 Å². The Balaban J connectivity index is 1.39. The Bertz CT molecular complexity index is 886. The highest BCUT2D eigenvalue weighted by Gasteiger charge is 2.26. The number of fused-ring (bicyclic) bond motifs is 1. The summed E-state index contributed by atoms with van der Waals surface area (Å²) in [5.41, 5.74) is 0.683. The second kappa shape index (κ2) is 9.27. The van der Waals surface area contributed by atoms with Gasteiger partial charge in [-0.1, -0.05) is 12.1 Å². The van der Waals surface area contributed by atoms with Crippen molar-refractivity contribution in [3.05, 3.63) is 35.9 Å². The maximum Gasteiger partial charge on any atom is 0.387 e. The number of anilines is 1. The molecule has 162 valence electrons. The van der Waals surface area contributed by atoms with E-state index in [9.17, 15) is 8.78 Å². The number of benzene rings is 1. The van der Waals surface area contributed by atoms with Gasteiger partial charge in [0.2, 0.25) is 0 Å². The van der Waals surface area contributed by atoms with E-state index in [4.69, 9.17) is 0 Å². The third-order valence-electron chi connectivity index (χ3n) is 5.36. The number of nitrogens with one attached hydrogen (secondary N) is 2. The molecular formula is C20H27F2N7O. The second-order valence-corrected chi connectivity index (χ2v) is 7.40. The summed E-state index contributed by atoms with van der Waals surface area (Å²) in [6.07, 6.45) is 2.95. The Kier molecular flexibility index (Phi) is 6.29. The fourth-order valence-corrected chi connectivity index (χ4v) is 4.00. The maximum atomic E-state index is 12.7. The van der Waals surface area contributed by atoms with E-state index in [2.05, 4.69) is 40.0 Å². The zero-order chi connectivity index (χ0) is 20.9. The average molecular weight is 419 g/mol. The van der Waals surface area contributed by atoms with E-state index in [1.165, 1.54) is 0 Å². The van der Waals surface area contributed by atoms with Gasteiger partial charge < -0.3 is 24.8 Å². The molecule has 0 bridgehead atoms. The molecule has 0 saturated carbocycles. The van der Waals surface area contributed by atoms with E-state index >= 15 is 0 Å². The van der Waals surface area contributed by atoms with Gasteiger partial charge in [0, 0.05) is 38.6 Å². The number of para-hydroxylation sites is 2. The van der Waals surface area contributed by atoms with E-state index in [1.54, 1.807) is 12.1 Å². The van der Waals surface area contributed by atoms with Gasteiger partial charge in [-0.2, -0.15) is 8.78 Å². The SMILES string of the molecule is CCNC(=NCc1nnc2n1CCC2)NC1CCN(c2ccccc2OC(F)F)C1. The maximum absolute atomic E-state index is 12.7. The molecule has 0 aliphatic carbocycles. The number of hydrogen-bond acceptors (Lipinski definition) is 5. The molecule has 1 aromatic heterocycles.